The van der Waals surface area contributed by atoms with E-state index in [1.807, 2.05) is 0 Å². The number of nitrogens with two attached hydrogens (primary N) is 1. The van der Waals surface area contributed by atoms with E-state index < -0.39 is 21.7 Å². The van der Waals surface area contributed by atoms with Gasteiger partial charge in [-0.1, -0.05) is 12.1 Å². The third-order valence-corrected chi connectivity index (χ3v) is 4.55. The van der Waals surface area contributed by atoms with Gasteiger partial charge in [0.25, 0.3) is 15.9 Å². The maximum atomic E-state index is 12.9. The van der Waals surface area contributed by atoms with Crippen LogP contribution in [0.15, 0.2) is 57.8 Å². The van der Waals surface area contributed by atoms with Crippen molar-refractivity contribution in [1.82, 2.24) is 0 Å². The van der Waals surface area contributed by atoms with E-state index in [2.05, 4.69) is 4.72 Å². The summed E-state index contributed by atoms with van der Waals surface area (Å²) in [6.45, 7) is 0. The molecule has 0 aliphatic carbocycles. The van der Waals surface area contributed by atoms with Gasteiger partial charge in [0.05, 0.1) is 4.90 Å². The molecule has 3 aromatic rings. The molecule has 0 aliphatic rings. The summed E-state index contributed by atoms with van der Waals surface area (Å²) >= 11 is 0. The first-order valence-electron chi connectivity index (χ1n) is 6.48. The summed E-state index contributed by atoms with van der Waals surface area (Å²) in [6.07, 6.45) is 0. The van der Waals surface area contributed by atoms with Crippen LogP contribution in [0.1, 0.15) is 10.6 Å². The molecule has 0 fully saturated rings. The number of primary amides is 1. The number of rotatable bonds is 4. The third kappa shape index (κ3) is 2.76. The van der Waals surface area contributed by atoms with Crippen molar-refractivity contribution in [2.24, 2.45) is 5.73 Å². The maximum Gasteiger partial charge on any atom is 0.286 e. The van der Waals surface area contributed by atoms with E-state index in [1.165, 1.54) is 0 Å². The van der Waals surface area contributed by atoms with Gasteiger partial charge in [0.2, 0.25) is 5.76 Å². The molecule has 23 heavy (non-hydrogen) atoms. The number of benzene rings is 2. The highest BCUT2D eigenvalue weighted by molar-refractivity contribution is 7.92. The summed E-state index contributed by atoms with van der Waals surface area (Å²) in [5.41, 5.74) is 5.51. The van der Waals surface area contributed by atoms with Crippen molar-refractivity contribution >= 4 is 32.6 Å². The number of fused-ring (bicyclic) bond motifs is 1. The van der Waals surface area contributed by atoms with Gasteiger partial charge in [0.15, 0.2) is 0 Å². The zero-order chi connectivity index (χ0) is 16.6. The minimum atomic E-state index is -4.03. The summed E-state index contributed by atoms with van der Waals surface area (Å²) < 4.78 is 45.3. The van der Waals surface area contributed by atoms with Crippen LogP contribution in [-0.4, -0.2) is 14.3 Å². The minimum Gasteiger partial charge on any atom is -0.449 e. The van der Waals surface area contributed by atoms with Crippen molar-refractivity contribution in [1.29, 1.82) is 0 Å². The third-order valence-electron chi connectivity index (χ3n) is 3.18. The number of nitrogens with one attached hydrogen (secondary N) is 1. The summed E-state index contributed by atoms with van der Waals surface area (Å²) in [5.74, 6) is -1.76. The van der Waals surface area contributed by atoms with Crippen LogP contribution < -0.4 is 10.5 Å². The first-order valence-corrected chi connectivity index (χ1v) is 7.96. The van der Waals surface area contributed by atoms with Gasteiger partial charge in [-0.25, -0.2) is 12.8 Å². The molecule has 118 valence electrons. The monoisotopic (exact) mass is 334 g/mol. The lowest BCUT2D eigenvalue weighted by atomic mass is 10.2. The highest BCUT2D eigenvalue weighted by Crippen LogP contribution is 2.32. The second-order valence-corrected chi connectivity index (χ2v) is 6.41. The minimum absolute atomic E-state index is 0.0441. The van der Waals surface area contributed by atoms with Crippen LogP contribution in [-0.2, 0) is 10.0 Å². The molecule has 0 atom stereocenters. The molecule has 0 radical (unpaired) electrons. The van der Waals surface area contributed by atoms with E-state index in [1.54, 1.807) is 24.3 Å². The first-order chi connectivity index (χ1) is 10.9. The Balaban J connectivity index is 2.12. The number of amides is 1. The Kier molecular flexibility index (Phi) is 3.53. The van der Waals surface area contributed by atoms with Gasteiger partial charge in [-0.15, -0.1) is 0 Å². The molecule has 0 bridgehead atoms. The number of hydrogen-bond acceptors (Lipinski definition) is 4. The van der Waals surface area contributed by atoms with Gasteiger partial charge in [0.1, 0.15) is 17.1 Å². The van der Waals surface area contributed by atoms with E-state index in [9.17, 15) is 17.6 Å². The lowest BCUT2D eigenvalue weighted by Gasteiger charge is -2.07. The van der Waals surface area contributed by atoms with E-state index in [4.69, 9.17) is 10.2 Å². The van der Waals surface area contributed by atoms with E-state index in [-0.39, 0.29) is 16.3 Å². The lowest BCUT2D eigenvalue weighted by Crippen LogP contribution is -2.17. The zero-order valence-electron chi connectivity index (χ0n) is 11.6. The zero-order valence-corrected chi connectivity index (χ0v) is 12.4. The Labute approximate surface area is 130 Å². The number of halogens is 1. The van der Waals surface area contributed by atoms with Crippen LogP contribution >= 0.6 is 0 Å². The molecule has 0 saturated carbocycles. The van der Waals surface area contributed by atoms with Crippen molar-refractivity contribution in [3.8, 4) is 0 Å². The molecule has 1 aromatic heterocycles. The van der Waals surface area contributed by atoms with Gasteiger partial charge < -0.3 is 10.2 Å². The first kappa shape index (κ1) is 15.0. The quantitative estimate of drug-likeness (QED) is 0.765. The molecular weight excluding hydrogens is 323 g/mol. The molecule has 3 rings (SSSR count). The van der Waals surface area contributed by atoms with Crippen LogP contribution in [0.4, 0.5) is 10.1 Å². The van der Waals surface area contributed by atoms with E-state index >= 15 is 0 Å². The largest absolute Gasteiger partial charge is 0.449 e. The molecule has 0 aliphatic heterocycles. The molecule has 1 heterocycles. The fourth-order valence-corrected chi connectivity index (χ4v) is 3.21. The molecule has 0 saturated heterocycles. The van der Waals surface area contributed by atoms with Crippen molar-refractivity contribution in [2.75, 3.05) is 4.72 Å². The second kappa shape index (κ2) is 5.40. The molecule has 3 N–H and O–H groups in total. The Morgan fingerprint density at radius 3 is 2.39 bits per heavy atom. The Bertz CT molecular complexity index is 994. The summed E-state index contributed by atoms with van der Waals surface area (Å²) in [5, 5.41) is 0.395. The van der Waals surface area contributed by atoms with Crippen LogP contribution in [0.3, 0.4) is 0 Å². The van der Waals surface area contributed by atoms with Crippen LogP contribution in [0, 0.1) is 5.82 Å². The average molecular weight is 334 g/mol. The summed E-state index contributed by atoms with van der Waals surface area (Å²) in [6, 6.07) is 10.8. The Morgan fingerprint density at radius 1 is 1.09 bits per heavy atom. The van der Waals surface area contributed by atoms with Gasteiger partial charge in [0, 0.05) is 5.39 Å². The highest BCUT2D eigenvalue weighted by Gasteiger charge is 2.23. The fourth-order valence-electron chi connectivity index (χ4n) is 2.13. The molecule has 2 aromatic carbocycles. The molecule has 1 amide bonds. The number of hydrogen-bond donors (Lipinski definition) is 2. The molecule has 0 spiro atoms. The van der Waals surface area contributed by atoms with Gasteiger partial charge in [-0.05, 0) is 36.4 Å². The van der Waals surface area contributed by atoms with Crippen LogP contribution in [0.2, 0.25) is 0 Å². The topological polar surface area (TPSA) is 102 Å². The van der Waals surface area contributed by atoms with Crippen molar-refractivity contribution in [3.05, 3.63) is 60.1 Å². The smallest absolute Gasteiger partial charge is 0.286 e. The van der Waals surface area contributed by atoms with Crippen LogP contribution in [0.5, 0.6) is 0 Å². The van der Waals surface area contributed by atoms with Gasteiger partial charge in [-0.3, -0.25) is 9.52 Å². The number of carbonyl (C=O) groups excluding carboxylic acids is 1. The number of sulfonamides is 1. The van der Waals surface area contributed by atoms with Gasteiger partial charge >= 0.3 is 0 Å². The maximum absolute atomic E-state index is 12.9. The van der Waals surface area contributed by atoms with E-state index in [0.717, 1.165) is 24.3 Å². The van der Waals surface area contributed by atoms with Crippen LogP contribution in [0.25, 0.3) is 11.0 Å². The highest BCUT2D eigenvalue weighted by atomic mass is 32.2. The van der Waals surface area contributed by atoms with Crippen molar-refractivity contribution in [3.63, 3.8) is 0 Å². The number of para-hydroxylation sites is 1. The normalized spacial score (nSPS) is 11.5. The number of anilines is 1. The standard InChI is InChI=1S/C15H11FN2O4S/c16-9-5-7-10(8-6-9)23(20,21)18-13-11-3-1-2-4-12(11)22-14(13)15(17)19/h1-8,18H,(H2,17,19). The predicted molar refractivity (Wildman–Crippen MR) is 81.9 cm³/mol. The summed E-state index contributed by atoms with van der Waals surface area (Å²) in [4.78, 5) is 11.3. The van der Waals surface area contributed by atoms with E-state index in [0.29, 0.717) is 11.0 Å². The summed E-state index contributed by atoms with van der Waals surface area (Å²) in [7, 11) is -4.03. The Hall–Kier alpha value is -2.87. The number of carbonyl (C=O) groups is 1. The molecular formula is C15H11FN2O4S. The average Bonchev–Trinajstić information content (AvgIpc) is 2.86. The van der Waals surface area contributed by atoms with Crippen molar-refractivity contribution in [2.45, 2.75) is 4.90 Å². The lowest BCUT2D eigenvalue weighted by molar-refractivity contribution is 0.0977. The molecule has 8 heteroatoms. The fraction of sp³-hybridized carbons (Fsp3) is 0. The molecule has 6 nitrogen and oxygen atoms in total. The van der Waals surface area contributed by atoms with Gasteiger partial charge in [-0.2, -0.15) is 0 Å². The second-order valence-electron chi connectivity index (χ2n) is 4.73. The Morgan fingerprint density at radius 2 is 1.74 bits per heavy atom. The SMILES string of the molecule is NC(=O)c1oc2ccccc2c1NS(=O)(=O)c1ccc(F)cc1. The number of furan rings is 1. The molecule has 0 unspecified atom stereocenters. The predicted octanol–water partition coefficient (Wildman–Crippen LogP) is 2.47. The van der Waals surface area contributed by atoms with Crippen molar-refractivity contribution < 1.29 is 22.0 Å².